The highest BCUT2D eigenvalue weighted by Gasteiger charge is 2.08. The van der Waals surface area contributed by atoms with Crippen LogP contribution in [-0.4, -0.2) is 27.5 Å². The first kappa shape index (κ1) is 12.8. The maximum atomic E-state index is 12.2. The van der Waals surface area contributed by atoms with Crippen LogP contribution in [0.1, 0.15) is 32.4 Å². The lowest BCUT2D eigenvalue weighted by atomic mass is 10.0. The average molecular weight is 226 g/mol. The van der Waals surface area contributed by atoms with E-state index < -0.39 is 6.67 Å². The van der Waals surface area contributed by atoms with Gasteiger partial charge in [0.05, 0.1) is 18.6 Å². The van der Waals surface area contributed by atoms with Crippen LogP contribution >= 0.6 is 0 Å². The van der Waals surface area contributed by atoms with Crippen LogP contribution in [-0.2, 0) is 17.8 Å². The van der Waals surface area contributed by atoms with E-state index in [2.05, 4.69) is 10.3 Å². The van der Waals surface area contributed by atoms with Gasteiger partial charge >= 0.3 is 0 Å². The van der Waals surface area contributed by atoms with Crippen molar-refractivity contribution >= 4 is 5.78 Å². The number of nitrogens with zero attached hydrogens (tertiary/aromatic N) is 3. The smallest absolute Gasteiger partial charge is 0.135 e. The number of halogens is 1. The van der Waals surface area contributed by atoms with Crippen molar-refractivity contribution < 1.29 is 9.18 Å². The molecule has 16 heavy (non-hydrogen) atoms. The standard InChI is InChI=1S/C11H18FN3O/c1-9(2)11(16)4-3-7-15-10(5-6-12)8-13-14-15/h8-9H,3-7H2,1-2H3/i12-1. The van der Waals surface area contributed by atoms with Crippen LogP contribution in [0.2, 0.25) is 0 Å². The van der Waals surface area contributed by atoms with Crippen LogP contribution < -0.4 is 0 Å². The Balaban J connectivity index is 2.37. The third-order valence-corrected chi connectivity index (χ3v) is 2.49. The Morgan fingerprint density at radius 2 is 2.31 bits per heavy atom. The summed E-state index contributed by atoms with van der Waals surface area (Å²) in [5.41, 5.74) is 0.791. The molecule has 1 aromatic rings. The first-order chi connectivity index (χ1) is 7.65. The van der Waals surface area contributed by atoms with E-state index in [1.165, 1.54) is 0 Å². The van der Waals surface area contributed by atoms with Gasteiger partial charge in [-0.25, -0.2) is 4.68 Å². The molecule has 0 bridgehead atoms. The number of rotatable bonds is 7. The Kier molecular flexibility index (Phi) is 5.08. The van der Waals surface area contributed by atoms with Gasteiger partial charge in [0, 0.05) is 25.3 Å². The lowest BCUT2D eigenvalue weighted by Crippen LogP contribution is -2.11. The van der Waals surface area contributed by atoms with Gasteiger partial charge in [0.15, 0.2) is 0 Å². The SMILES string of the molecule is CC(C)C(=O)CCCn1nncc1CC[18F]. The summed E-state index contributed by atoms with van der Waals surface area (Å²) in [6.45, 7) is 4.02. The molecule has 0 atom stereocenters. The number of alkyl halides is 1. The van der Waals surface area contributed by atoms with Gasteiger partial charge in [-0.05, 0) is 6.42 Å². The first-order valence-electron chi connectivity index (χ1n) is 5.61. The molecule has 0 aromatic carbocycles. The van der Waals surface area contributed by atoms with Crippen molar-refractivity contribution in [2.24, 2.45) is 5.92 Å². The van der Waals surface area contributed by atoms with Crippen molar-refractivity contribution in [1.82, 2.24) is 15.0 Å². The van der Waals surface area contributed by atoms with Crippen molar-refractivity contribution in [2.75, 3.05) is 6.67 Å². The molecule has 0 saturated heterocycles. The lowest BCUT2D eigenvalue weighted by Gasteiger charge is -2.05. The van der Waals surface area contributed by atoms with E-state index in [1.54, 1.807) is 10.9 Å². The summed E-state index contributed by atoms with van der Waals surface area (Å²) < 4.78 is 13.8. The van der Waals surface area contributed by atoms with E-state index in [9.17, 15) is 9.18 Å². The lowest BCUT2D eigenvalue weighted by molar-refractivity contribution is -0.122. The summed E-state index contributed by atoms with van der Waals surface area (Å²) in [5.74, 6) is 0.341. The van der Waals surface area contributed by atoms with E-state index in [0.717, 1.165) is 12.1 Å². The quantitative estimate of drug-likeness (QED) is 0.712. The number of carbonyl (C=O) groups is 1. The van der Waals surface area contributed by atoms with E-state index in [1.807, 2.05) is 13.8 Å². The van der Waals surface area contributed by atoms with E-state index >= 15 is 0 Å². The highest BCUT2D eigenvalue weighted by molar-refractivity contribution is 5.80. The predicted molar refractivity (Wildman–Crippen MR) is 58.8 cm³/mol. The first-order valence-corrected chi connectivity index (χ1v) is 5.61. The normalized spacial score (nSPS) is 11.0. The minimum Gasteiger partial charge on any atom is -0.299 e. The number of ketones is 1. The zero-order chi connectivity index (χ0) is 12.0. The van der Waals surface area contributed by atoms with Crippen molar-refractivity contribution in [3.8, 4) is 0 Å². The van der Waals surface area contributed by atoms with Crippen LogP contribution in [0, 0.1) is 5.92 Å². The molecule has 0 fully saturated rings. The number of aromatic nitrogens is 3. The number of carbonyl (C=O) groups excluding carboxylic acids is 1. The van der Waals surface area contributed by atoms with Crippen molar-refractivity contribution in [2.45, 2.75) is 39.7 Å². The summed E-state index contributed by atoms with van der Waals surface area (Å²) in [5, 5.41) is 7.60. The maximum Gasteiger partial charge on any atom is 0.135 e. The summed E-state index contributed by atoms with van der Waals surface area (Å²) in [6, 6.07) is 0. The Labute approximate surface area is 94.8 Å². The second kappa shape index (κ2) is 6.35. The molecule has 90 valence electrons. The number of hydrogen-bond donors (Lipinski definition) is 0. The van der Waals surface area contributed by atoms with Crippen LogP contribution in [0.15, 0.2) is 6.20 Å². The van der Waals surface area contributed by atoms with Crippen LogP contribution in [0.4, 0.5) is 4.39 Å². The molecule has 0 spiro atoms. The molecule has 4 nitrogen and oxygen atoms in total. The van der Waals surface area contributed by atoms with Gasteiger partial charge in [-0.1, -0.05) is 19.1 Å². The second-order valence-electron chi connectivity index (χ2n) is 4.11. The average Bonchev–Trinajstić information content (AvgIpc) is 2.66. The molecular formula is C11H18FN3O. The third kappa shape index (κ3) is 3.72. The highest BCUT2D eigenvalue weighted by atomic mass is 18.2. The number of aryl methyl sites for hydroxylation is 2. The fourth-order valence-corrected chi connectivity index (χ4v) is 1.45. The van der Waals surface area contributed by atoms with E-state index in [0.29, 0.717) is 19.4 Å². The molecule has 1 rings (SSSR count). The van der Waals surface area contributed by atoms with Gasteiger partial charge in [0.1, 0.15) is 5.78 Å². The molecule has 0 amide bonds. The molecule has 0 aliphatic carbocycles. The molecule has 0 radical (unpaired) electrons. The largest absolute Gasteiger partial charge is 0.299 e. The second-order valence-corrected chi connectivity index (χ2v) is 4.11. The van der Waals surface area contributed by atoms with E-state index in [-0.39, 0.29) is 11.7 Å². The number of Topliss-reactive ketones (excluding diaryl/α,β-unsaturated/α-hetero) is 1. The van der Waals surface area contributed by atoms with Crippen LogP contribution in [0.5, 0.6) is 0 Å². The summed E-state index contributed by atoms with van der Waals surface area (Å²) in [6.07, 6.45) is 3.20. The molecule has 0 saturated carbocycles. The van der Waals surface area contributed by atoms with Crippen molar-refractivity contribution in [3.63, 3.8) is 0 Å². The van der Waals surface area contributed by atoms with Crippen LogP contribution in [0.25, 0.3) is 0 Å². The van der Waals surface area contributed by atoms with Gasteiger partial charge < -0.3 is 0 Å². The van der Waals surface area contributed by atoms with Gasteiger partial charge in [0.25, 0.3) is 0 Å². The zero-order valence-electron chi connectivity index (χ0n) is 9.82. The fourth-order valence-electron chi connectivity index (χ4n) is 1.45. The van der Waals surface area contributed by atoms with Gasteiger partial charge in [-0.2, -0.15) is 0 Å². The Morgan fingerprint density at radius 3 is 2.94 bits per heavy atom. The van der Waals surface area contributed by atoms with Crippen molar-refractivity contribution in [1.29, 1.82) is 0 Å². The zero-order valence-corrected chi connectivity index (χ0v) is 9.82. The molecule has 1 heterocycles. The molecule has 1 aromatic heterocycles. The Morgan fingerprint density at radius 1 is 1.56 bits per heavy atom. The molecule has 0 aliphatic heterocycles. The summed E-state index contributed by atoms with van der Waals surface area (Å²) in [7, 11) is 0. The predicted octanol–water partition coefficient (Wildman–Crippen LogP) is 1.80. The van der Waals surface area contributed by atoms with E-state index in [4.69, 9.17) is 0 Å². The highest BCUT2D eigenvalue weighted by Crippen LogP contribution is 2.05. The van der Waals surface area contributed by atoms with Gasteiger partial charge in [0.2, 0.25) is 0 Å². The van der Waals surface area contributed by atoms with Crippen molar-refractivity contribution in [3.05, 3.63) is 11.9 Å². The minimum absolute atomic E-state index is 0.0843. The molecular weight excluding hydrogens is 208 g/mol. The molecule has 0 unspecified atom stereocenters. The third-order valence-electron chi connectivity index (χ3n) is 2.49. The number of hydrogen-bond acceptors (Lipinski definition) is 3. The molecule has 0 aliphatic rings. The minimum atomic E-state index is -0.404. The van der Waals surface area contributed by atoms with Crippen LogP contribution in [0.3, 0.4) is 0 Å². The topological polar surface area (TPSA) is 47.8 Å². The Hall–Kier alpha value is -1.26. The monoisotopic (exact) mass is 226 g/mol. The maximum absolute atomic E-state index is 12.2. The van der Waals surface area contributed by atoms with Gasteiger partial charge in [-0.15, -0.1) is 5.10 Å². The fraction of sp³-hybridized carbons (Fsp3) is 0.727. The summed E-state index contributed by atoms with van der Waals surface area (Å²) >= 11 is 0. The van der Waals surface area contributed by atoms with Gasteiger partial charge in [-0.3, -0.25) is 9.18 Å². The molecule has 0 N–H and O–H groups in total. The summed E-state index contributed by atoms with van der Waals surface area (Å²) in [4.78, 5) is 11.4. The Bertz CT molecular complexity index is 336. The molecule has 5 heteroatoms.